The van der Waals surface area contributed by atoms with Gasteiger partial charge in [-0.2, -0.15) is 0 Å². The molecule has 0 heterocycles. The van der Waals surface area contributed by atoms with Gasteiger partial charge in [0.05, 0.1) is 56.9 Å². The first-order valence-corrected chi connectivity index (χ1v) is 14.3. The zero-order valence-corrected chi connectivity index (χ0v) is 26.9. The summed E-state index contributed by atoms with van der Waals surface area (Å²) >= 11 is 0. The van der Waals surface area contributed by atoms with Crippen molar-refractivity contribution in [1.29, 1.82) is 0 Å². The van der Waals surface area contributed by atoms with Crippen molar-refractivity contribution in [2.45, 2.75) is 25.7 Å². The highest BCUT2D eigenvalue weighted by atomic mass is 16.5. The highest BCUT2D eigenvalue weighted by Crippen LogP contribution is 2.42. The maximum Gasteiger partial charge on any atom is 0.161 e. The van der Waals surface area contributed by atoms with Gasteiger partial charge in [-0.3, -0.25) is 0 Å². The molecule has 8 nitrogen and oxygen atoms in total. The monoisotopic (exact) mass is 602 g/mol. The zero-order valence-electron chi connectivity index (χ0n) is 26.9. The third-order valence-corrected chi connectivity index (χ3v) is 7.70. The molecule has 0 bridgehead atoms. The van der Waals surface area contributed by atoms with Crippen LogP contribution in [0.15, 0.2) is 60.7 Å². The minimum Gasteiger partial charge on any atom is -0.497 e. The van der Waals surface area contributed by atoms with E-state index in [9.17, 15) is 0 Å². The Kier molecular flexibility index (Phi) is 11.1. The molecule has 0 aliphatic rings. The maximum atomic E-state index is 5.76. The van der Waals surface area contributed by atoms with E-state index in [4.69, 9.17) is 37.9 Å². The van der Waals surface area contributed by atoms with Crippen molar-refractivity contribution in [3.05, 3.63) is 82.9 Å². The largest absolute Gasteiger partial charge is 0.497 e. The van der Waals surface area contributed by atoms with Gasteiger partial charge < -0.3 is 37.9 Å². The predicted octanol–water partition coefficient (Wildman–Crippen LogP) is 6.99. The molecular weight excluding hydrogens is 560 g/mol. The molecule has 0 aliphatic carbocycles. The Hall–Kier alpha value is -4.72. The van der Waals surface area contributed by atoms with Gasteiger partial charge in [-0.05, 0) is 108 Å². The lowest BCUT2D eigenvalue weighted by atomic mass is 9.89. The number of rotatable bonds is 15. The Balaban J connectivity index is 1.81. The Labute approximate surface area is 260 Å². The molecule has 44 heavy (non-hydrogen) atoms. The summed E-state index contributed by atoms with van der Waals surface area (Å²) < 4.78 is 45.0. The molecule has 0 saturated carbocycles. The molecule has 0 N–H and O–H groups in total. The smallest absolute Gasteiger partial charge is 0.161 e. The summed E-state index contributed by atoms with van der Waals surface area (Å²) in [7, 11) is 13.2. The van der Waals surface area contributed by atoms with Gasteiger partial charge in [0.2, 0.25) is 0 Å². The van der Waals surface area contributed by atoms with Crippen molar-refractivity contribution in [2.24, 2.45) is 0 Å². The molecular formula is C36H42O8. The fourth-order valence-electron chi connectivity index (χ4n) is 5.34. The van der Waals surface area contributed by atoms with Gasteiger partial charge in [-0.15, -0.1) is 0 Å². The van der Waals surface area contributed by atoms with Gasteiger partial charge in [-0.1, -0.05) is 0 Å². The normalized spacial score (nSPS) is 10.6. The molecule has 0 unspecified atom stereocenters. The molecule has 0 amide bonds. The van der Waals surface area contributed by atoms with Crippen molar-refractivity contribution in [3.8, 4) is 57.1 Å². The summed E-state index contributed by atoms with van der Waals surface area (Å²) in [6.45, 7) is 0. The van der Waals surface area contributed by atoms with E-state index in [2.05, 4.69) is 12.1 Å². The first-order chi connectivity index (χ1) is 21.4. The highest BCUT2D eigenvalue weighted by molar-refractivity contribution is 5.77. The van der Waals surface area contributed by atoms with Crippen LogP contribution < -0.4 is 37.9 Å². The van der Waals surface area contributed by atoms with Crippen LogP contribution in [0.2, 0.25) is 0 Å². The molecule has 0 aliphatic heterocycles. The third kappa shape index (κ3) is 7.43. The van der Waals surface area contributed by atoms with Crippen molar-refractivity contribution in [1.82, 2.24) is 0 Å². The molecule has 0 atom stereocenters. The summed E-state index contributed by atoms with van der Waals surface area (Å²) in [4.78, 5) is 0. The van der Waals surface area contributed by atoms with Crippen LogP contribution in [-0.4, -0.2) is 56.9 Å². The molecule has 0 radical (unpaired) electrons. The third-order valence-electron chi connectivity index (χ3n) is 7.70. The average Bonchev–Trinajstić information content (AvgIpc) is 3.08. The van der Waals surface area contributed by atoms with E-state index in [1.54, 1.807) is 56.9 Å². The topological polar surface area (TPSA) is 73.8 Å². The summed E-state index contributed by atoms with van der Waals surface area (Å²) in [5, 5.41) is 0. The summed E-state index contributed by atoms with van der Waals surface area (Å²) in [5.74, 6) is 5.64. The molecule has 0 fully saturated rings. The number of aryl methyl sites for hydroxylation is 4. The fourth-order valence-corrected chi connectivity index (χ4v) is 5.34. The minimum atomic E-state index is 0.646. The lowest BCUT2D eigenvalue weighted by Gasteiger charge is -2.20. The summed E-state index contributed by atoms with van der Waals surface area (Å²) in [5.41, 5.74) is 6.44. The van der Waals surface area contributed by atoms with E-state index in [1.165, 1.54) is 0 Å². The van der Waals surface area contributed by atoms with E-state index in [1.807, 2.05) is 48.5 Å². The van der Waals surface area contributed by atoms with Crippen LogP contribution in [0, 0.1) is 0 Å². The van der Waals surface area contributed by atoms with E-state index in [0.717, 1.165) is 82.1 Å². The summed E-state index contributed by atoms with van der Waals surface area (Å²) in [6.07, 6.45) is 2.96. The van der Waals surface area contributed by atoms with Gasteiger partial charge in [0.15, 0.2) is 23.0 Å². The quantitative estimate of drug-likeness (QED) is 0.144. The van der Waals surface area contributed by atoms with E-state index < -0.39 is 0 Å². The number of hydrogen-bond donors (Lipinski definition) is 0. The molecule has 4 aromatic carbocycles. The number of hydrogen-bond acceptors (Lipinski definition) is 8. The van der Waals surface area contributed by atoms with Gasteiger partial charge >= 0.3 is 0 Å². The number of methoxy groups -OCH3 is 8. The Morgan fingerprint density at radius 2 is 0.614 bits per heavy atom. The molecule has 0 saturated heterocycles. The lowest BCUT2D eigenvalue weighted by Crippen LogP contribution is -2.03. The molecule has 8 heteroatoms. The molecule has 234 valence electrons. The first kappa shape index (κ1) is 32.2. The van der Waals surface area contributed by atoms with Crippen molar-refractivity contribution >= 4 is 0 Å². The number of ether oxygens (including phenoxy) is 8. The SMILES string of the molecule is COc1cc(CCc2cc(OC)c(OC)cc2-c2cc(OC)c(OC)cc2CCc2cc(OC)cc(OC)c2)cc(OC)c1. The van der Waals surface area contributed by atoms with Crippen molar-refractivity contribution in [2.75, 3.05) is 56.9 Å². The Bertz CT molecular complexity index is 1400. The maximum absolute atomic E-state index is 5.76. The van der Waals surface area contributed by atoms with Crippen LogP contribution in [0.3, 0.4) is 0 Å². The lowest BCUT2D eigenvalue weighted by molar-refractivity contribution is 0.354. The van der Waals surface area contributed by atoms with Crippen LogP contribution in [0.5, 0.6) is 46.0 Å². The highest BCUT2D eigenvalue weighted by Gasteiger charge is 2.19. The van der Waals surface area contributed by atoms with E-state index in [0.29, 0.717) is 23.0 Å². The second-order valence-corrected chi connectivity index (χ2v) is 10.2. The van der Waals surface area contributed by atoms with Gasteiger partial charge in [0.1, 0.15) is 23.0 Å². The molecule has 0 spiro atoms. The zero-order chi connectivity index (χ0) is 31.6. The Morgan fingerprint density at radius 3 is 0.886 bits per heavy atom. The Morgan fingerprint density at radius 1 is 0.318 bits per heavy atom. The van der Waals surface area contributed by atoms with Crippen LogP contribution in [0.4, 0.5) is 0 Å². The number of benzene rings is 4. The van der Waals surface area contributed by atoms with Crippen molar-refractivity contribution < 1.29 is 37.9 Å². The predicted molar refractivity (Wildman–Crippen MR) is 172 cm³/mol. The second kappa shape index (κ2) is 15.1. The standard InChI is InChI=1S/C36H42O8/c1-37-27-13-23(14-28(19-27)38-2)9-11-25-17-33(41-5)35(43-7)21-31(25)32-22-36(44-8)34(42-6)18-26(32)12-10-24-15-29(39-3)20-30(16-24)40-4/h13-22H,9-12H2,1-8H3. The first-order valence-electron chi connectivity index (χ1n) is 14.3. The summed E-state index contributed by atoms with van der Waals surface area (Å²) in [6, 6.07) is 20.1. The second-order valence-electron chi connectivity index (χ2n) is 10.2. The van der Waals surface area contributed by atoms with Crippen molar-refractivity contribution in [3.63, 3.8) is 0 Å². The average molecular weight is 603 g/mol. The fraction of sp³-hybridized carbons (Fsp3) is 0.333. The molecule has 0 aromatic heterocycles. The van der Waals surface area contributed by atoms with Gasteiger partial charge in [0.25, 0.3) is 0 Å². The van der Waals surface area contributed by atoms with Gasteiger partial charge in [0, 0.05) is 12.1 Å². The van der Waals surface area contributed by atoms with Crippen LogP contribution in [0.1, 0.15) is 22.3 Å². The van der Waals surface area contributed by atoms with Crippen LogP contribution >= 0.6 is 0 Å². The van der Waals surface area contributed by atoms with Crippen LogP contribution in [0.25, 0.3) is 11.1 Å². The van der Waals surface area contributed by atoms with E-state index >= 15 is 0 Å². The minimum absolute atomic E-state index is 0.646. The van der Waals surface area contributed by atoms with E-state index in [-0.39, 0.29) is 0 Å². The molecule has 4 aromatic rings. The van der Waals surface area contributed by atoms with Crippen LogP contribution in [-0.2, 0) is 25.7 Å². The van der Waals surface area contributed by atoms with Gasteiger partial charge in [-0.25, -0.2) is 0 Å². The molecule has 4 rings (SSSR count).